The van der Waals surface area contributed by atoms with Gasteiger partial charge >= 0.3 is 18.3 Å². The van der Waals surface area contributed by atoms with Gasteiger partial charge in [0.25, 0.3) is 0 Å². The Morgan fingerprint density at radius 2 is 1.38 bits per heavy atom. The molecule has 0 bridgehead atoms. The summed E-state index contributed by atoms with van der Waals surface area (Å²) < 4.78 is 71.3. The van der Waals surface area contributed by atoms with Gasteiger partial charge in [0.2, 0.25) is 0 Å². The summed E-state index contributed by atoms with van der Waals surface area (Å²) in [6.07, 6.45) is -13.5. The molecule has 0 aliphatic rings. The molecule has 9 heteroatoms. The number of nitrogens with two attached hydrogens (primary N) is 1. The smallest absolute Gasteiger partial charge is 0.389 e. The van der Waals surface area contributed by atoms with Crippen molar-refractivity contribution in [1.29, 1.82) is 0 Å². The lowest BCUT2D eigenvalue weighted by Gasteiger charge is -2.23. The van der Waals surface area contributed by atoms with Gasteiger partial charge in [0.15, 0.2) is 0 Å². The first kappa shape index (κ1) is 15.0. The van der Waals surface area contributed by atoms with Gasteiger partial charge in [-0.1, -0.05) is 0 Å². The first-order chi connectivity index (χ1) is 6.92. The molecule has 0 amide bonds. The average molecular weight is 253 g/mol. The molecule has 0 aromatic rings. The Kier molecular flexibility index (Phi) is 4.59. The number of halogens is 6. The van der Waals surface area contributed by atoms with Crippen LogP contribution in [-0.2, 0) is 4.79 Å². The number of carbonyl (C=O) groups is 1. The predicted molar refractivity (Wildman–Crippen MR) is 40.4 cm³/mol. The van der Waals surface area contributed by atoms with Crippen LogP contribution >= 0.6 is 0 Å². The number of carboxylic acid groups (broad SMARTS) is 1. The first-order valence-corrected chi connectivity index (χ1v) is 4.04. The van der Waals surface area contributed by atoms with Gasteiger partial charge in [0.05, 0.1) is 0 Å². The highest BCUT2D eigenvalue weighted by Crippen LogP contribution is 2.34. The molecule has 0 rings (SSSR count). The quantitative estimate of drug-likeness (QED) is 0.752. The fourth-order valence-corrected chi connectivity index (χ4v) is 1.12. The summed E-state index contributed by atoms with van der Waals surface area (Å²) in [6, 6.07) is -2.19. The Hall–Kier alpha value is -0.990. The number of carboxylic acids is 1. The molecule has 3 N–H and O–H groups in total. The molecule has 0 aromatic carbocycles. The van der Waals surface area contributed by atoms with E-state index in [1.54, 1.807) is 0 Å². The van der Waals surface area contributed by atoms with E-state index in [9.17, 15) is 31.1 Å². The molecule has 0 saturated carbocycles. The van der Waals surface area contributed by atoms with E-state index in [-0.39, 0.29) is 0 Å². The zero-order valence-electron chi connectivity index (χ0n) is 7.77. The van der Waals surface area contributed by atoms with Gasteiger partial charge in [-0.05, 0) is 0 Å². The summed E-state index contributed by atoms with van der Waals surface area (Å²) >= 11 is 0. The molecule has 1 atom stereocenters. The molecule has 0 spiro atoms. The van der Waals surface area contributed by atoms with Gasteiger partial charge in [0.1, 0.15) is 6.04 Å². The Balaban J connectivity index is 4.71. The molecule has 0 saturated heterocycles. The maximum atomic E-state index is 11.9. The first-order valence-electron chi connectivity index (χ1n) is 4.04. The zero-order chi connectivity index (χ0) is 13.1. The van der Waals surface area contributed by atoms with E-state index in [1.165, 1.54) is 0 Å². The van der Waals surface area contributed by atoms with Crippen molar-refractivity contribution in [2.24, 2.45) is 11.7 Å². The molecule has 1 unspecified atom stereocenters. The van der Waals surface area contributed by atoms with Crippen molar-refractivity contribution in [3.63, 3.8) is 0 Å². The van der Waals surface area contributed by atoms with Crippen molar-refractivity contribution in [2.75, 3.05) is 0 Å². The van der Waals surface area contributed by atoms with Crippen molar-refractivity contribution in [3.8, 4) is 0 Å². The highest BCUT2D eigenvalue weighted by atomic mass is 19.4. The minimum Gasteiger partial charge on any atom is -0.480 e. The lowest BCUT2D eigenvalue weighted by atomic mass is 9.92. The number of rotatable bonds is 4. The normalized spacial score (nSPS) is 15.2. The second-order valence-corrected chi connectivity index (χ2v) is 3.26. The van der Waals surface area contributed by atoms with Crippen LogP contribution in [0.3, 0.4) is 0 Å². The number of alkyl halides is 6. The van der Waals surface area contributed by atoms with Crippen molar-refractivity contribution in [1.82, 2.24) is 0 Å². The summed E-state index contributed by atoms with van der Waals surface area (Å²) in [4.78, 5) is 10.3. The number of aliphatic carboxylic acids is 1. The standard InChI is InChI=1S/C7H9F6NO2/c8-6(9,10)1-3(2-7(11,12)13)4(14)5(15)16/h3-4H,1-2,14H2,(H,15,16). The number of hydrogen-bond acceptors (Lipinski definition) is 2. The van der Waals surface area contributed by atoms with Crippen LogP contribution in [0.2, 0.25) is 0 Å². The predicted octanol–water partition coefficient (Wildman–Crippen LogP) is 1.92. The molecule has 0 heterocycles. The molecule has 0 radical (unpaired) electrons. The second-order valence-electron chi connectivity index (χ2n) is 3.26. The largest absolute Gasteiger partial charge is 0.480 e. The fourth-order valence-electron chi connectivity index (χ4n) is 1.12. The van der Waals surface area contributed by atoms with Gasteiger partial charge in [-0.25, -0.2) is 0 Å². The lowest BCUT2D eigenvalue weighted by Crippen LogP contribution is -2.42. The van der Waals surface area contributed by atoms with Crippen molar-refractivity contribution >= 4 is 5.97 Å². The average Bonchev–Trinajstić information content (AvgIpc) is 1.95. The molecular weight excluding hydrogens is 244 g/mol. The molecular formula is C7H9F6NO2. The summed E-state index contributed by atoms with van der Waals surface area (Å²) in [5.41, 5.74) is 4.78. The van der Waals surface area contributed by atoms with E-state index >= 15 is 0 Å². The minimum atomic E-state index is -4.89. The van der Waals surface area contributed by atoms with Crippen LogP contribution in [0.4, 0.5) is 26.3 Å². The minimum absolute atomic E-state index is 1.88. The molecule has 16 heavy (non-hydrogen) atoms. The maximum absolute atomic E-state index is 11.9. The van der Waals surface area contributed by atoms with E-state index in [1.807, 2.05) is 0 Å². The van der Waals surface area contributed by atoms with Crippen LogP contribution in [0.15, 0.2) is 0 Å². The van der Waals surface area contributed by atoms with Crippen LogP contribution in [0.25, 0.3) is 0 Å². The second kappa shape index (κ2) is 4.89. The van der Waals surface area contributed by atoms with Crippen LogP contribution in [0.1, 0.15) is 12.8 Å². The van der Waals surface area contributed by atoms with E-state index in [0.717, 1.165) is 0 Å². The Bertz CT molecular complexity index is 232. The van der Waals surface area contributed by atoms with Crippen molar-refractivity contribution < 1.29 is 36.2 Å². The lowest BCUT2D eigenvalue weighted by molar-refractivity contribution is -0.177. The van der Waals surface area contributed by atoms with Gasteiger partial charge in [-0.3, -0.25) is 4.79 Å². The van der Waals surface area contributed by atoms with Gasteiger partial charge in [-0.15, -0.1) is 0 Å². The van der Waals surface area contributed by atoms with Crippen molar-refractivity contribution in [2.45, 2.75) is 31.2 Å². The fraction of sp³-hybridized carbons (Fsp3) is 0.857. The summed E-state index contributed by atoms with van der Waals surface area (Å²) in [7, 11) is 0. The van der Waals surface area contributed by atoms with Gasteiger partial charge in [0, 0.05) is 18.8 Å². The van der Waals surface area contributed by atoms with E-state index in [4.69, 9.17) is 10.8 Å². The van der Waals surface area contributed by atoms with E-state index in [2.05, 4.69) is 0 Å². The topological polar surface area (TPSA) is 63.3 Å². The van der Waals surface area contributed by atoms with Crippen LogP contribution in [0, 0.1) is 5.92 Å². The summed E-state index contributed by atoms with van der Waals surface area (Å²) in [5, 5.41) is 8.29. The Morgan fingerprint density at radius 1 is 1.06 bits per heavy atom. The zero-order valence-corrected chi connectivity index (χ0v) is 7.77. The molecule has 0 aliphatic heterocycles. The highest BCUT2D eigenvalue weighted by molar-refractivity contribution is 5.73. The van der Waals surface area contributed by atoms with Crippen LogP contribution < -0.4 is 5.73 Å². The summed E-state index contributed by atoms with van der Waals surface area (Å²) in [5.74, 6) is -4.10. The summed E-state index contributed by atoms with van der Waals surface area (Å²) in [6.45, 7) is 0. The third-order valence-electron chi connectivity index (χ3n) is 1.78. The molecule has 0 fully saturated rings. The van der Waals surface area contributed by atoms with Crippen LogP contribution in [-0.4, -0.2) is 29.5 Å². The van der Waals surface area contributed by atoms with Crippen LogP contribution in [0.5, 0.6) is 0 Å². The van der Waals surface area contributed by atoms with E-state index in [0.29, 0.717) is 0 Å². The molecule has 0 aromatic heterocycles. The van der Waals surface area contributed by atoms with Crippen molar-refractivity contribution in [3.05, 3.63) is 0 Å². The number of hydrogen-bond donors (Lipinski definition) is 2. The van der Waals surface area contributed by atoms with Gasteiger partial charge in [-0.2, -0.15) is 26.3 Å². The third-order valence-corrected chi connectivity index (χ3v) is 1.78. The van der Waals surface area contributed by atoms with E-state index < -0.39 is 43.1 Å². The monoisotopic (exact) mass is 253 g/mol. The molecule has 96 valence electrons. The Labute approximate surface area is 86.2 Å². The Morgan fingerprint density at radius 3 is 1.56 bits per heavy atom. The third kappa shape index (κ3) is 6.49. The molecule has 0 aliphatic carbocycles. The molecule has 3 nitrogen and oxygen atoms in total. The maximum Gasteiger partial charge on any atom is 0.389 e. The van der Waals surface area contributed by atoms with Gasteiger partial charge < -0.3 is 10.8 Å². The SMILES string of the molecule is NC(C(=O)O)C(CC(F)(F)F)CC(F)(F)F. The highest BCUT2D eigenvalue weighted by Gasteiger charge is 2.43.